The first-order valence-corrected chi connectivity index (χ1v) is 17.8. The number of nitrogens with one attached hydrogen (secondary N) is 1. The molecule has 0 bridgehead atoms. The maximum absolute atomic E-state index is 15.1. The second-order valence-corrected chi connectivity index (χ2v) is 16.7. The van der Waals surface area contributed by atoms with Crippen LogP contribution in [0.4, 0.5) is 32.0 Å². The van der Waals surface area contributed by atoms with E-state index in [-0.39, 0.29) is 20.2 Å². The van der Waals surface area contributed by atoms with Crippen LogP contribution in [0.2, 0.25) is 0 Å². The maximum atomic E-state index is 15.1. The predicted octanol–water partition coefficient (Wildman–Crippen LogP) is 8.14. The molecule has 0 fully saturated rings. The summed E-state index contributed by atoms with van der Waals surface area (Å²) >= 11 is 3.15. The van der Waals surface area contributed by atoms with Crippen molar-refractivity contribution >= 4 is 67.3 Å². The number of nitrogens with zero attached hydrogens (tertiary/aromatic N) is 1. The number of carbonyl (C=O) groups is 4. The second-order valence-electron chi connectivity index (χ2n) is 11.0. The van der Waals surface area contributed by atoms with E-state index in [1.54, 1.807) is 23.9 Å². The summed E-state index contributed by atoms with van der Waals surface area (Å²) in [5.74, 6) is -4.62. The Morgan fingerprint density at radius 3 is 1.80 bits per heavy atom. The van der Waals surface area contributed by atoms with E-state index in [2.05, 4.69) is 0 Å². The number of alkyl halides is 6. The topological polar surface area (TPSA) is 83.6 Å². The molecule has 2 aliphatic heterocycles. The van der Waals surface area contributed by atoms with Gasteiger partial charge in [-0.3, -0.25) is 14.9 Å². The van der Waals surface area contributed by atoms with Crippen LogP contribution >= 0.6 is 23.5 Å². The molecule has 0 spiro atoms. The van der Waals surface area contributed by atoms with E-state index in [1.807, 2.05) is 47.8 Å². The van der Waals surface area contributed by atoms with Gasteiger partial charge in [0, 0.05) is 0 Å². The average Bonchev–Trinajstić information content (AvgIpc) is 3.70. The molecule has 0 saturated carbocycles. The van der Waals surface area contributed by atoms with Gasteiger partial charge in [-0.1, -0.05) is 6.07 Å². The molecule has 50 heavy (non-hydrogen) atoms. The van der Waals surface area contributed by atoms with Crippen molar-refractivity contribution in [1.82, 2.24) is 5.32 Å². The zero-order valence-corrected chi connectivity index (χ0v) is 28.2. The molecule has 3 heterocycles. The number of anilines is 1. The van der Waals surface area contributed by atoms with E-state index in [9.17, 15) is 19.2 Å². The summed E-state index contributed by atoms with van der Waals surface area (Å²) in [6.45, 7) is 0. The van der Waals surface area contributed by atoms with Crippen molar-refractivity contribution in [3.05, 3.63) is 137 Å². The number of imide groups is 2. The van der Waals surface area contributed by atoms with E-state index >= 15 is 26.3 Å². The fraction of sp³-hybridized carbons (Fsp3) is 0.0857. The molecule has 252 valence electrons. The summed E-state index contributed by atoms with van der Waals surface area (Å²) in [6.07, 6.45) is -12.3. The van der Waals surface area contributed by atoms with Crippen molar-refractivity contribution in [2.75, 3.05) is 4.90 Å². The molecule has 0 radical (unpaired) electrons. The normalized spacial score (nSPS) is 14.6. The third-order valence-corrected chi connectivity index (χ3v) is 13.2. The Labute approximate surface area is 293 Å². The van der Waals surface area contributed by atoms with Crippen LogP contribution in [0.15, 0.2) is 120 Å². The van der Waals surface area contributed by atoms with Gasteiger partial charge in [0.1, 0.15) is 0 Å². The zero-order valence-electron chi connectivity index (χ0n) is 24.9. The summed E-state index contributed by atoms with van der Waals surface area (Å²) in [4.78, 5) is 54.0. The monoisotopic (exact) mass is 788 g/mol. The van der Waals surface area contributed by atoms with Crippen molar-refractivity contribution < 1.29 is 45.5 Å². The number of benzene rings is 4. The van der Waals surface area contributed by atoms with Crippen LogP contribution in [0.25, 0.3) is 0 Å². The van der Waals surface area contributed by atoms with Gasteiger partial charge in [0.2, 0.25) is 0 Å². The molecule has 2 aliphatic rings. The zero-order chi connectivity index (χ0) is 35.6. The van der Waals surface area contributed by atoms with E-state index in [0.717, 1.165) is 25.7 Å². The summed E-state index contributed by atoms with van der Waals surface area (Å²) in [5, 5.41) is 1.84. The minimum atomic E-state index is -6.13. The Kier molecular flexibility index (Phi) is 8.37. The molecular formula is C35H18F6N2O4S2Se. The van der Waals surface area contributed by atoms with E-state index in [0.29, 0.717) is 29.2 Å². The molecule has 6 nitrogen and oxygen atoms in total. The Morgan fingerprint density at radius 2 is 1.18 bits per heavy atom. The van der Waals surface area contributed by atoms with E-state index in [4.69, 9.17) is 0 Å². The first kappa shape index (κ1) is 33.9. The SMILES string of the molecule is O=C1NC(=O)c2cc(C(c3cccc4c3C(=O)N(c3ccc(Sc5ccc(Sc6ccccc6)[se]5)cc3)C4=O)(C(F)(F)F)C(F)(F)F)ccc21. The summed E-state index contributed by atoms with van der Waals surface area (Å²) in [6, 6.07) is 23.7. The van der Waals surface area contributed by atoms with Gasteiger partial charge in [0.05, 0.1) is 11.1 Å². The molecule has 5 aromatic rings. The van der Waals surface area contributed by atoms with Crippen molar-refractivity contribution in [1.29, 1.82) is 0 Å². The summed E-state index contributed by atoms with van der Waals surface area (Å²) < 4.78 is 93.0. The molecule has 4 amide bonds. The smallest absolute Gasteiger partial charge is 0.169 e. The van der Waals surface area contributed by atoms with Crippen molar-refractivity contribution in [3.8, 4) is 0 Å². The molecule has 0 saturated heterocycles. The van der Waals surface area contributed by atoms with Gasteiger partial charge in [-0.15, -0.1) is 0 Å². The first-order valence-electron chi connectivity index (χ1n) is 14.5. The Hall–Kier alpha value is -4.56. The number of rotatable bonds is 7. The Bertz CT molecular complexity index is 2210. The van der Waals surface area contributed by atoms with Crippen molar-refractivity contribution in [3.63, 3.8) is 0 Å². The summed E-state index contributed by atoms with van der Waals surface area (Å²) in [5.41, 5.74) is -10.7. The molecule has 1 N–H and O–H groups in total. The quantitative estimate of drug-likeness (QED) is 0.102. The van der Waals surface area contributed by atoms with Gasteiger partial charge in [0.25, 0.3) is 11.8 Å². The third kappa shape index (κ3) is 5.48. The summed E-state index contributed by atoms with van der Waals surface area (Å²) in [7, 11) is 0. The predicted molar refractivity (Wildman–Crippen MR) is 173 cm³/mol. The van der Waals surface area contributed by atoms with Gasteiger partial charge in [-0.05, 0) is 12.1 Å². The average molecular weight is 788 g/mol. The molecule has 0 atom stereocenters. The number of hydrogen-bond donors (Lipinski definition) is 1. The van der Waals surface area contributed by atoms with Crippen LogP contribution in [0.5, 0.6) is 0 Å². The minimum Gasteiger partial charge on any atom is -0.169 e. The molecule has 15 heteroatoms. The van der Waals surface area contributed by atoms with Crippen LogP contribution in [0.1, 0.15) is 52.6 Å². The fourth-order valence-corrected chi connectivity index (χ4v) is 11.3. The molecule has 4 aromatic carbocycles. The van der Waals surface area contributed by atoms with Crippen molar-refractivity contribution in [2.24, 2.45) is 0 Å². The first-order chi connectivity index (χ1) is 23.7. The van der Waals surface area contributed by atoms with Crippen molar-refractivity contribution in [2.45, 2.75) is 35.1 Å². The van der Waals surface area contributed by atoms with Crippen LogP contribution in [0, 0.1) is 0 Å². The van der Waals surface area contributed by atoms with Crippen LogP contribution in [0.3, 0.4) is 0 Å². The molecule has 0 aliphatic carbocycles. The van der Waals surface area contributed by atoms with Gasteiger partial charge < -0.3 is 0 Å². The van der Waals surface area contributed by atoms with Crippen LogP contribution < -0.4 is 10.2 Å². The number of fused-ring (bicyclic) bond motifs is 2. The number of hydrogen-bond acceptors (Lipinski definition) is 6. The van der Waals surface area contributed by atoms with Gasteiger partial charge in [-0.2, -0.15) is 26.3 Å². The van der Waals surface area contributed by atoms with Gasteiger partial charge in [-0.25, -0.2) is 0 Å². The Morgan fingerprint density at radius 1 is 0.580 bits per heavy atom. The van der Waals surface area contributed by atoms with E-state index < -0.39 is 74.8 Å². The van der Waals surface area contributed by atoms with Crippen LogP contribution in [-0.2, 0) is 5.41 Å². The second kappa shape index (κ2) is 12.3. The van der Waals surface area contributed by atoms with Gasteiger partial charge >= 0.3 is 212 Å². The van der Waals surface area contributed by atoms with Gasteiger partial charge in [0.15, 0.2) is 0 Å². The standard InChI is InChI=1S/C35H18F6N2O4S2Se/c36-34(37,38)33(35(39,40)41,18-9-14-22-24(17-18)30(45)42-29(22)44)25-8-4-7-23-28(25)32(47)43(31(23)46)19-10-12-21(13-11-19)49-27-16-15-26(50-27)48-20-5-2-1-3-6-20/h1-17H,(H,42,44,45). The number of carbonyl (C=O) groups excluding carboxylic acids is 4. The number of amides is 4. The Balaban J connectivity index is 1.24. The van der Waals surface area contributed by atoms with Crippen LogP contribution in [-0.4, -0.2) is 50.5 Å². The molecule has 7 rings (SSSR count). The molecule has 1 aromatic heterocycles. The molecule has 0 unspecified atom stereocenters. The van der Waals surface area contributed by atoms with E-state index in [1.165, 1.54) is 27.7 Å². The minimum absolute atomic E-state index is 0.0321. The number of halogens is 6. The fourth-order valence-electron chi connectivity index (χ4n) is 5.98. The third-order valence-electron chi connectivity index (χ3n) is 8.17. The molecular weight excluding hydrogens is 769 g/mol.